The monoisotopic (exact) mass is 468 g/mol. The minimum absolute atomic E-state index is 0.0195. The van der Waals surface area contributed by atoms with Gasteiger partial charge in [0.25, 0.3) is 0 Å². The normalized spacial score (nSPS) is 15.8. The average molecular weight is 469 g/mol. The molecule has 9 heteroatoms. The highest BCUT2D eigenvalue weighted by molar-refractivity contribution is 7.19. The Morgan fingerprint density at radius 2 is 2.00 bits per heavy atom. The Hall–Kier alpha value is -2.59. The zero-order chi connectivity index (χ0) is 22.9. The number of hydrogen-bond acceptors (Lipinski definition) is 7. The molecule has 7 nitrogen and oxygen atoms in total. The van der Waals surface area contributed by atoms with Crippen molar-refractivity contribution in [2.75, 3.05) is 45.7 Å². The first kappa shape index (κ1) is 22.2. The molecule has 1 aliphatic heterocycles. The lowest BCUT2D eigenvalue weighted by Gasteiger charge is -2.34. The average Bonchev–Trinajstić information content (AvgIpc) is 3.41. The van der Waals surface area contributed by atoms with E-state index in [1.54, 1.807) is 17.4 Å². The third-order valence-corrected chi connectivity index (χ3v) is 7.47. The third-order valence-electron chi connectivity index (χ3n) is 6.35. The van der Waals surface area contributed by atoms with E-state index in [0.29, 0.717) is 18.5 Å². The highest BCUT2D eigenvalue weighted by atomic mass is 32.1. The SMILES string of the molecule is CN(C)C1CCN(Cc2cc3nc(-n4ccc5cc(F)ccc54)nc(NCCO)c3s2)CC1. The van der Waals surface area contributed by atoms with Gasteiger partial charge in [-0.1, -0.05) is 0 Å². The van der Waals surface area contributed by atoms with Crippen LogP contribution in [0.4, 0.5) is 10.2 Å². The van der Waals surface area contributed by atoms with Crippen LogP contribution in [-0.2, 0) is 6.54 Å². The smallest absolute Gasteiger partial charge is 0.236 e. The number of aliphatic hydroxyl groups is 1. The van der Waals surface area contributed by atoms with Crippen LogP contribution in [-0.4, -0.2) is 75.8 Å². The van der Waals surface area contributed by atoms with Gasteiger partial charge in [-0.05, 0) is 57.3 Å². The van der Waals surface area contributed by atoms with Crippen molar-refractivity contribution >= 4 is 38.3 Å². The first-order valence-electron chi connectivity index (χ1n) is 11.3. The number of rotatable bonds is 7. The summed E-state index contributed by atoms with van der Waals surface area (Å²) in [6, 6.07) is 9.38. The molecular formula is C24H29FN6OS. The molecule has 1 saturated heterocycles. The van der Waals surface area contributed by atoms with Crippen molar-refractivity contribution in [2.45, 2.75) is 25.4 Å². The summed E-state index contributed by atoms with van der Waals surface area (Å²) in [5, 5.41) is 13.4. The molecule has 0 radical (unpaired) electrons. The maximum Gasteiger partial charge on any atom is 0.236 e. The van der Waals surface area contributed by atoms with Gasteiger partial charge in [-0.2, -0.15) is 4.98 Å². The van der Waals surface area contributed by atoms with E-state index in [2.05, 4.69) is 35.3 Å². The van der Waals surface area contributed by atoms with E-state index in [4.69, 9.17) is 9.97 Å². The van der Waals surface area contributed by atoms with Crippen LogP contribution in [0.3, 0.4) is 0 Å². The Bertz CT molecular complexity index is 1260. The largest absolute Gasteiger partial charge is 0.395 e. The molecule has 1 aliphatic rings. The molecule has 4 aromatic rings. The maximum atomic E-state index is 13.6. The molecule has 0 unspecified atom stereocenters. The molecule has 2 N–H and O–H groups in total. The van der Waals surface area contributed by atoms with Crippen LogP contribution >= 0.6 is 11.3 Å². The van der Waals surface area contributed by atoms with Crippen LogP contribution in [0.15, 0.2) is 36.5 Å². The topological polar surface area (TPSA) is 69.5 Å². The second-order valence-corrected chi connectivity index (χ2v) is 9.95. The Morgan fingerprint density at radius 3 is 2.76 bits per heavy atom. The van der Waals surface area contributed by atoms with Gasteiger partial charge in [0.05, 0.1) is 22.3 Å². The standard InChI is InChI=1S/C24H29FN6OS/c1-29(2)18-6-9-30(10-7-18)15-19-14-20-22(33-19)23(26-8-12-32)28-24(27-20)31-11-5-16-13-17(25)3-4-21(16)31/h3-5,11,13-14,18,32H,6-10,12,15H2,1-2H3,(H,26,27,28). The predicted molar refractivity (Wildman–Crippen MR) is 132 cm³/mol. The third kappa shape index (κ3) is 4.59. The van der Waals surface area contributed by atoms with E-state index in [9.17, 15) is 9.50 Å². The summed E-state index contributed by atoms with van der Waals surface area (Å²) in [6.07, 6.45) is 4.24. The van der Waals surface area contributed by atoms with Crippen molar-refractivity contribution in [3.8, 4) is 5.95 Å². The molecule has 1 aromatic carbocycles. The molecule has 174 valence electrons. The molecule has 0 spiro atoms. The Morgan fingerprint density at radius 1 is 1.18 bits per heavy atom. The predicted octanol–water partition coefficient (Wildman–Crippen LogP) is 3.70. The number of thiophene rings is 1. The molecular weight excluding hydrogens is 439 g/mol. The number of aromatic nitrogens is 3. The lowest BCUT2D eigenvalue weighted by atomic mass is 10.0. The van der Waals surface area contributed by atoms with E-state index in [0.717, 1.165) is 46.6 Å². The van der Waals surface area contributed by atoms with Crippen LogP contribution in [0.25, 0.3) is 27.1 Å². The van der Waals surface area contributed by atoms with Gasteiger partial charge in [-0.3, -0.25) is 9.47 Å². The molecule has 33 heavy (non-hydrogen) atoms. The lowest BCUT2D eigenvalue weighted by Crippen LogP contribution is -2.41. The van der Waals surface area contributed by atoms with Crippen LogP contribution in [0.5, 0.6) is 0 Å². The molecule has 0 aliphatic carbocycles. The summed E-state index contributed by atoms with van der Waals surface area (Å²) in [5.74, 6) is 0.982. The zero-order valence-corrected chi connectivity index (χ0v) is 19.8. The highest BCUT2D eigenvalue weighted by Crippen LogP contribution is 2.32. The number of benzene rings is 1. The van der Waals surface area contributed by atoms with Gasteiger partial charge in [-0.25, -0.2) is 9.37 Å². The highest BCUT2D eigenvalue weighted by Gasteiger charge is 2.22. The number of anilines is 1. The van der Waals surface area contributed by atoms with Crippen LogP contribution < -0.4 is 5.32 Å². The van der Waals surface area contributed by atoms with Crippen molar-refractivity contribution in [2.24, 2.45) is 0 Å². The van der Waals surface area contributed by atoms with Gasteiger partial charge in [-0.15, -0.1) is 11.3 Å². The van der Waals surface area contributed by atoms with Gasteiger partial charge in [0.2, 0.25) is 5.95 Å². The quantitative estimate of drug-likeness (QED) is 0.431. The molecule has 5 rings (SSSR count). The minimum atomic E-state index is -0.265. The fourth-order valence-corrected chi connectivity index (χ4v) is 5.65. The second kappa shape index (κ2) is 9.34. The number of fused-ring (bicyclic) bond motifs is 2. The summed E-state index contributed by atoms with van der Waals surface area (Å²) in [7, 11) is 4.32. The van der Waals surface area contributed by atoms with E-state index >= 15 is 0 Å². The Balaban J connectivity index is 1.47. The number of likely N-dealkylation sites (tertiary alicyclic amines) is 1. The second-order valence-electron chi connectivity index (χ2n) is 8.81. The molecule has 4 heterocycles. The first-order valence-corrected chi connectivity index (χ1v) is 12.1. The fourth-order valence-electron chi connectivity index (χ4n) is 4.55. The number of hydrogen-bond donors (Lipinski definition) is 2. The number of nitrogens with zero attached hydrogens (tertiary/aromatic N) is 5. The van der Waals surface area contributed by atoms with Crippen molar-refractivity contribution < 1.29 is 9.50 Å². The molecule has 1 fully saturated rings. The molecule has 3 aromatic heterocycles. The summed E-state index contributed by atoms with van der Waals surface area (Å²) in [4.78, 5) is 15.7. The number of halogens is 1. The zero-order valence-electron chi connectivity index (χ0n) is 19.0. The first-order chi connectivity index (χ1) is 16.0. The van der Waals surface area contributed by atoms with Gasteiger partial charge in [0, 0.05) is 48.7 Å². The minimum Gasteiger partial charge on any atom is -0.395 e. The number of nitrogens with one attached hydrogen (secondary N) is 1. The van der Waals surface area contributed by atoms with Crippen molar-refractivity contribution in [1.82, 2.24) is 24.3 Å². The van der Waals surface area contributed by atoms with Crippen LogP contribution in [0.2, 0.25) is 0 Å². The van der Waals surface area contributed by atoms with Crippen molar-refractivity contribution in [3.05, 3.63) is 47.2 Å². The van der Waals surface area contributed by atoms with E-state index < -0.39 is 0 Å². The summed E-state index contributed by atoms with van der Waals surface area (Å²) in [6.45, 7) is 3.52. The summed E-state index contributed by atoms with van der Waals surface area (Å²) in [5.41, 5.74) is 1.73. The molecule has 0 amide bonds. The number of piperidine rings is 1. The maximum absolute atomic E-state index is 13.6. The lowest BCUT2D eigenvalue weighted by molar-refractivity contribution is 0.141. The van der Waals surface area contributed by atoms with Crippen LogP contribution in [0.1, 0.15) is 17.7 Å². The molecule has 0 bridgehead atoms. The van der Waals surface area contributed by atoms with E-state index in [-0.39, 0.29) is 12.4 Å². The summed E-state index contributed by atoms with van der Waals surface area (Å²) >= 11 is 1.71. The van der Waals surface area contributed by atoms with Crippen LogP contribution in [0, 0.1) is 5.82 Å². The van der Waals surface area contributed by atoms with Crippen molar-refractivity contribution in [3.63, 3.8) is 0 Å². The van der Waals surface area contributed by atoms with Gasteiger partial charge in [0.1, 0.15) is 11.6 Å². The van der Waals surface area contributed by atoms with Gasteiger partial charge >= 0.3 is 0 Å². The Labute approximate surface area is 196 Å². The summed E-state index contributed by atoms with van der Waals surface area (Å²) < 4.78 is 16.5. The van der Waals surface area contributed by atoms with Crippen molar-refractivity contribution in [1.29, 1.82) is 0 Å². The van der Waals surface area contributed by atoms with E-state index in [1.807, 2.05) is 16.8 Å². The van der Waals surface area contributed by atoms with Gasteiger partial charge < -0.3 is 15.3 Å². The van der Waals surface area contributed by atoms with Gasteiger partial charge in [0.15, 0.2) is 0 Å². The molecule has 0 atom stereocenters. The molecule has 0 saturated carbocycles. The van der Waals surface area contributed by atoms with E-state index in [1.165, 1.54) is 29.9 Å². The number of aliphatic hydroxyl groups excluding tert-OH is 1. The Kier molecular flexibility index (Phi) is 6.29. The fraction of sp³-hybridized carbons (Fsp3) is 0.417.